The fourth-order valence-electron chi connectivity index (χ4n) is 4.10. The number of esters is 1. The van der Waals surface area contributed by atoms with E-state index in [0.717, 1.165) is 56.9 Å². The predicted molar refractivity (Wildman–Crippen MR) is 129 cm³/mol. The van der Waals surface area contributed by atoms with Crippen LogP contribution in [-0.4, -0.2) is 43.7 Å². The molecule has 0 unspecified atom stereocenters. The monoisotopic (exact) mass is 440 g/mol. The molecule has 0 spiro atoms. The number of anilines is 2. The zero-order chi connectivity index (χ0) is 22.1. The van der Waals surface area contributed by atoms with Gasteiger partial charge in [0.1, 0.15) is 0 Å². The number of benzene rings is 2. The summed E-state index contributed by atoms with van der Waals surface area (Å²) in [7, 11) is 0. The summed E-state index contributed by atoms with van der Waals surface area (Å²) >= 11 is 6.36. The Balaban J connectivity index is 1.61. The molecule has 2 aromatic carbocycles. The third-order valence-corrected chi connectivity index (χ3v) is 5.98. The van der Waals surface area contributed by atoms with Gasteiger partial charge in [0.2, 0.25) is 0 Å². The van der Waals surface area contributed by atoms with E-state index in [1.165, 1.54) is 28.6 Å². The molecule has 1 aliphatic heterocycles. The van der Waals surface area contributed by atoms with Crippen molar-refractivity contribution >= 4 is 28.9 Å². The Hall–Kier alpha value is -2.30. The first-order chi connectivity index (χ1) is 15.1. The van der Waals surface area contributed by atoms with E-state index in [0.29, 0.717) is 6.61 Å². The van der Waals surface area contributed by atoms with Gasteiger partial charge >= 0.3 is 5.97 Å². The number of rotatable bonds is 10. The quantitative estimate of drug-likeness (QED) is 0.265. The molecule has 166 valence electrons. The number of aryl methyl sites for hydroxylation is 2. The van der Waals surface area contributed by atoms with Crippen LogP contribution < -0.4 is 4.90 Å². The minimum absolute atomic E-state index is 0.268. The van der Waals surface area contributed by atoms with Crippen LogP contribution in [0.5, 0.6) is 0 Å². The summed E-state index contributed by atoms with van der Waals surface area (Å²) in [6.07, 6.45) is 7.69. The van der Waals surface area contributed by atoms with Gasteiger partial charge in [-0.2, -0.15) is 0 Å². The molecule has 1 heterocycles. The molecule has 0 amide bonds. The van der Waals surface area contributed by atoms with Gasteiger partial charge in [-0.1, -0.05) is 48.9 Å². The van der Waals surface area contributed by atoms with E-state index in [2.05, 4.69) is 53.1 Å². The first-order valence-electron chi connectivity index (χ1n) is 11.3. The van der Waals surface area contributed by atoms with Crippen molar-refractivity contribution in [2.75, 3.05) is 37.7 Å². The number of ether oxygens (including phenoxy) is 1. The third kappa shape index (κ3) is 6.59. The lowest BCUT2D eigenvalue weighted by atomic mass is 10.0. The number of carbonyl (C=O) groups excluding carboxylic acids is 1. The predicted octanol–water partition coefficient (Wildman–Crippen LogP) is 5.80. The van der Waals surface area contributed by atoms with Crippen molar-refractivity contribution in [3.63, 3.8) is 0 Å². The molecular weight excluding hydrogens is 408 g/mol. The maximum atomic E-state index is 11.5. The standard InChI is InChI=1S/C26H33ClN2O2/c1-3-28(18-9-12-26(30)31-4-2)17-7-8-19-29-24-11-6-5-10-21(24)13-14-22-15-16-23(27)20-25(22)29/h5-6,9-12,15-16,20H,3-4,7-8,13-14,17-19H2,1-2H3/b12-9+. The van der Waals surface area contributed by atoms with E-state index >= 15 is 0 Å². The topological polar surface area (TPSA) is 32.8 Å². The number of fused-ring (bicyclic) bond motifs is 2. The molecule has 0 aromatic heterocycles. The van der Waals surface area contributed by atoms with Crippen LogP contribution in [0.3, 0.4) is 0 Å². The van der Waals surface area contributed by atoms with Gasteiger partial charge < -0.3 is 9.64 Å². The maximum Gasteiger partial charge on any atom is 0.330 e. The minimum Gasteiger partial charge on any atom is -0.463 e. The lowest BCUT2D eigenvalue weighted by Gasteiger charge is -2.28. The van der Waals surface area contributed by atoms with E-state index < -0.39 is 0 Å². The molecule has 0 aliphatic carbocycles. The van der Waals surface area contributed by atoms with Gasteiger partial charge in [-0.3, -0.25) is 4.90 Å². The van der Waals surface area contributed by atoms with Gasteiger partial charge in [0.15, 0.2) is 0 Å². The number of para-hydroxylation sites is 1. The molecule has 4 nitrogen and oxygen atoms in total. The normalized spacial score (nSPS) is 13.2. The highest BCUT2D eigenvalue weighted by atomic mass is 35.5. The highest BCUT2D eigenvalue weighted by Gasteiger charge is 2.20. The van der Waals surface area contributed by atoms with Crippen LogP contribution in [0.15, 0.2) is 54.6 Å². The van der Waals surface area contributed by atoms with Crippen molar-refractivity contribution < 1.29 is 9.53 Å². The Morgan fingerprint density at radius 2 is 1.87 bits per heavy atom. The summed E-state index contributed by atoms with van der Waals surface area (Å²) in [4.78, 5) is 16.2. The zero-order valence-corrected chi connectivity index (χ0v) is 19.4. The summed E-state index contributed by atoms with van der Waals surface area (Å²) in [6, 6.07) is 15.0. The van der Waals surface area contributed by atoms with Crippen LogP contribution in [0.2, 0.25) is 5.02 Å². The summed E-state index contributed by atoms with van der Waals surface area (Å²) in [6.45, 7) is 8.07. The van der Waals surface area contributed by atoms with Crippen molar-refractivity contribution in [1.82, 2.24) is 4.90 Å². The van der Waals surface area contributed by atoms with E-state index in [4.69, 9.17) is 16.3 Å². The Kier molecular flexibility index (Phi) is 8.98. The first kappa shape index (κ1) is 23.4. The molecule has 0 bridgehead atoms. The molecule has 31 heavy (non-hydrogen) atoms. The number of hydrogen-bond acceptors (Lipinski definition) is 4. The Morgan fingerprint density at radius 1 is 1.10 bits per heavy atom. The number of nitrogens with zero attached hydrogens (tertiary/aromatic N) is 2. The van der Waals surface area contributed by atoms with Gasteiger partial charge in [0, 0.05) is 35.6 Å². The van der Waals surface area contributed by atoms with Crippen LogP contribution in [0, 0.1) is 0 Å². The second-order valence-electron chi connectivity index (χ2n) is 7.81. The maximum absolute atomic E-state index is 11.5. The van der Waals surface area contributed by atoms with Crippen molar-refractivity contribution in [2.24, 2.45) is 0 Å². The van der Waals surface area contributed by atoms with Gasteiger partial charge in [-0.05, 0) is 75.0 Å². The molecular formula is C26H33ClN2O2. The molecule has 0 N–H and O–H groups in total. The van der Waals surface area contributed by atoms with Crippen LogP contribution in [-0.2, 0) is 22.4 Å². The molecule has 0 saturated carbocycles. The van der Waals surface area contributed by atoms with Gasteiger partial charge in [0.25, 0.3) is 0 Å². The molecule has 0 saturated heterocycles. The molecule has 5 heteroatoms. The van der Waals surface area contributed by atoms with E-state index in [9.17, 15) is 4.79 Å². The van der Waals surface area contributed by atoms with Crippen LogP contribution in [0.25, 0.3) is 0 Å². The average Bonchev–Trinajstić information content (AvgIpc) is 2.92. The second-order valence-corrected chi connectivity index (χ2v) is 8.24. The van der Waals surface area contributed by atoms with E-state index in [1.807, 2.05) is 19.1 Å². The molecule has 0 atom stereocenters. The number of hydrogen-bond donors (Lipinski definition) is 0. The van der Waals surface area contributed by atoms with Crippen LogP contribution in [0.4, 0.5) is 11.4 Å². The first-order valence-corrected chi connectivity index (χ1v) is 11.7. The SMILES string of the molecule is CCOC(=O)/C=C/CN(CC)CCCCN1c2ccccc2CCc2ccc(Cl)cc21. The summed E-state index contributed by atoms with van der Waals surface area (Å²) in [5, 5.41) is 0.786. The minimum atomic E-state index is -0.268. The van der Waals surface area contributed by atoms with Crippen molar-refractivity contribution in [1.29, 1.82) is 0 Å². The van der Waals surface area contributed by atoms with Crippen LogP contribution in [0.1, 0.15) is 37.8 Å². The second kappa shape index (κ2) is 11.9. The summed E-state index contributed by atoms with van der Waals surface area (Å²) in [5.74, 6) is -0.268. The lowest BCUT2D eigenvalue weighted by Crippen LogP contribution is -2.26. The summed E-state index contributed by atoms with van der Waals surface area (Å²) in [5.41, 5.74) is 5.30. The Labute approximate surface area is 191 Å². The Bertz CT molecular complexity index is 897. The number of carbonyl (C=O) groups is 1. The average molecular weight is 441 g/mol. The highest BCUT2D eigenvalue weighted by Crippen LogP contribution is 2.37. The van der Waals surface area contributed by atoms with E-state index in [1.54, 1.807) is 0 Å². The van der Waals surface area contributed by atoms with Crippen LogP contribution >= 0.6 is 11.6 Å². The zero-order valence-electron chi connectivity index (χ0n) is 18.6. The molecule has 3 rings (SSSR count). The van der Waals surface area contributed by atoms with Gasteiger partial charge in [-0.15, -0.1) is 0 Å². The van der Waals surface area contributed by atoms with Crippen molar-refractivity contribution in [3.8, 4) is 0 Å². The van der Waals surface area contributed by atoms with Crippen molar-refractivity contribution in [2.45, 2.75) is 39.5 Å². The number of halogens is 1. The smallest absolute Gasteiger partial charge is 0.330 e. The summed E-state index contributed by atoms with van der Waals surface area (Å²) < 4.78 is 4.94. The fraction of sp³-hybridized carbons (Fsp3) is 0.423. The van der Waals surface area contributed by atoms with Gasteiger partial charge in [-0.25, -0.2) is 4.79 Å². The highest BCUT2D eigenvalue weighted by molar-refractivity contribution is 6.30. The van der Waals surface area contributed by atoms with E-state index in [-0.39, 0.29) is 5.97 Å². The molecule has 0 fully saturated rings. The van der Waals surface area contributed by atoms with Gasteiger partial charge in [0.05, 0.1) is 6.61 Å². The Morgan fingerprint density at radius 3 is 2.65 bits per heavy atom. The molecule has 2 aromatic rings. The largest absolute Gasteiger partial charge is 0.463 e. The fourth-order valence-corrected chi connectivity index (χ4v) is 4.26. The third-order valence-electron chi connectivity index (χ3n) is 5.74. The number of likely N-dealkylation sites (N-methyl/N-ethyl adjacent to an activating group) is 1. The van der Waals surface area contributed by atoms with Crippen molar-refractivity contribution in [3.05, 3.63) is 70.8 Å². The molecule has 0 radical (unpaired) electrons. The molecule has 1 aliphatic rings. The number of unbranched alkanes of at least 4 members (excludes halogenated alkanes) is 1. The lowest BCUT2D eigenvalue weighted by molar-refractivity contribution is -0.137.